The molecular formula is C11H12ClNO3S. The molecule has 2 aromatic rings. The van der Waals surface area contributed by atoms with Crippen molar-refractivity contribution in [2.75, 3.05) is 25.6 Å². The number of fused-ring (bicyclic) bond motifs is 1. The van der Waals surface area contributed by atoms with Gasteiger partial charge >= 0.3 is 0 Å². The lowest BCUT2D eigenvalue weighted by atomic mass is 10.3. The second kappa shape index (κ2) is 6.26. The second-order valence-corrected chi connectivity index (χ2v) is 4.76. The Morgan fingerprint density at radius 1 is 1.41 bits per heavy atom. The molecule has 1 heterocycles. The minimum absolute atomic E-state index is 0.0477. The van der Waals surface area contributed by atoms with Crippen LogP contribution in [0.5, 0.6) is 0 Å². The van der Waals surface area contributed by atoms with Gasteiger partial charge in [-0.1, -0.05) is 23.4 Å². The largest absolute Gasteiger partial charge is 0.431 e. The number of rotatable bonds is 6. The van der Waals surface area contributed by atoms with E-state index in [1.165, 1.54) is 11.8 Å². The van der Waals surface area contributed by atoms with Gasteiger partial charge in [0.1, 0.15) is 5.52 Å². The first-order chi connectivity index (χ1) is 8.29. The van der Waals surface area contributed by atoms with Crippen LogP contribution in [-0.4, -0.2) is 35.7 Å². The number of hydrogen-bond acceptors (Lipinski definition) is 5. The molecule has 1 N–H and O–H groups in total. The third-order valence-electron chi connectivity index (χ3n) is 2.02. The first kappa shape index (κ1) is 12.7. The average molecular weight is 274 g/mol. The van der Waals surface area contributed by atoms with Crippen LogP contribution in [-0.2, 0) is 4.74 Å². The minimum Gasteiger partial charge on any atom is -0.431 e. The molecule has 17 heavy (non-hydrogen) atoms. The van der Waals surface area contributed by atoms with E-state index in [-0.39, 0.29) is 6.61 Å². The van der Waals surface area contributed by atoms with E-state index in [0.29, 0.717) is 23.5 Å². The summed E-state index contributed by atoms with van der Waals surface area (Å²) in [6, 6.07) is 5.34. The lowest BCUT2D eigenvalue weighted by molar-refractivity contribution is 0.103. The molecular weight excluding hydrogens is 262 g/mol. The van der Waals surface area contributed by atoms with Gasteiger partial charge in [-0.2, -0.15) is 0 Å². The van der Waals surface area contributed by atoms with Crippen molar-refractivity contribution in [2.45, 2.75) is 5.22 Å². The summed E-state index contributed by atoms with van der Waals surface area (Å²) in [6.45, 7) is 0.973. The molecule has 0 spiro atoms. The van der Waals surface area contributed by atoms with Crippen LogP contribution in [0, 0.1) is 0 Å². The predicted octanol–water partition coefficient (Wildman–Crippen LogP) is 2.58. The van der Waals surface area contributed by atoms with Crippen LogP contribution >= 0.6 is 23.4 Å². The van der Waals surface area contributed by atoms with Gasteiger partial charge in [0.05, 0.1) is 19.8 Å². The molecule has 4 nitrogen and oxygen atoms in total. The van der Waals surface area contributed by atoms with Crippen molar-refractivity contribution < 1.29 is 14.3 Å². The van der Waals surface area contributed by atoms with Gasteiger partial charge in [-0.05, 0) is 18.2 Å². The zero-order chi connectivity index (χ0) is 12.1. The molecule has 1 aromatic carbocycles. The number of benzene rings is 1. The Labute approximate surface area is 108 Å². The molecule has 0 saturated heterocycles. The molecule has 0 unspecified atom stereocenters. The van der Waals surface area contributed by atoms with Crippen LogP contribution in [0.2, 0.25) is 5.02 Å². The molecule has 0 fully saturated rings. The number of aliphatic hydroxyl groups excluding tert-OH is 1. The SMILES string of the molecule is OCCOCCSc1nc2cc(Cl)ccc2o1. The number of halogens is 1. The van der Waals surface area contributed by atoms with Gasteiger partial charge < -0.3 is 14.3 Å². The van der Waals surface area contributed by atoms with Crippen LogP contribution in [0.4, 0.5) is 0 Å². The van der Waals surface area contributed by atoms with Gasteiger partial charge in [-0.3, -0.25) is 0 Å². The summed E-state index contributed by atoms with van der Waals surface area (Å²) in [5.41, 5.74) is 1.49. The van der Waals surface area contributed by atoms with Gasteiger partial charge in [0, 0.05) is 10.8 Å². The van der Waals surface area contributed by atoms with E-state index in [4.69, 9.17) is 25.9 Å². The third kappa shape index (κ3) is 3.61. The highest BCUT2D eigenvalue weighted by Crippen LogP contribution is 2.25. The molecule has 0 amide bonds. The zero-order valence-corrected chi connectivity index (χ0v) is 10.6. The fourth-order valence-corrected chi connectivity index (χ4v) is 2.15. The Hall–Kier alpha value is -0.750. The summed E-state index contributed by atoms with van der Waals surface area (Å²) < 4.78 is 10.7. The van der Waals surface area contributed by atoms with Crippen LogP contribution < -0.4 is 0 Å². The molecule has 92 valence electrons. The molecule has 0 aliphatic heterocycles. The number of hydrogen-bond donors (Lipinski definition) is 1. The Morgan fingerprint density at radius 2 is 2.29 bits per heavy atom. The summed E-state index contributed by atoms with van der Waals surface area (Å²) >= 11 is 7.33. The molecule has 0 atom stereocenters. The third-order valence-corrected chi connectivity index (χ3v) is 3.05. The number of aromatic nitrogens is 1. The van der Waals surface area contributed by atoms with Crippen molar-refractivity contribution in [1.29, 1.82) is 0 Å². The van der Waals surface area contributed by atoms with E-state index in [9.17, 15) is 0 Å². The highest BCUT2D eigenvalue weighted by molar-refractivity contribution is 7.99. The average Bonchev–Trinajstić information content (AvgIpc) is 2.70. The lowest BCUT2D eigenvalue weighted by Crippen LogP contribution is -2.02. The van der Waals surface area contributed by atoms with E-state index < -0.39 is 0 Å². The van der Waals surface area contributed by atoms with Crippen LogP contribution in [0.25, 0.3) is 11.1 Å². The standard InChI is InChI=1S/C11H12ClNO3S/c12-8-1-2-10-9(7-8)13-11(16-10)17-6-5-15-4-3-14/h1-2,7,14H,3-6H2. The number of nitrogens with zero attached hydrogens (tertiary/aromatic N) is 1. The number of aliphatic hydroxyl groups is 1. The molecule has 1 aromatic heterocycles. The molecule has 0 aliphatic rings. The maximum atomic E-state index is 8.53. The van der Waals surface area contributed by atoms with E-state index in [1.807, 2.05) is 0 Å². The minimum atomic E-state index is 0.0477. The maximum absolute atomic E-state index is 8.53. The van der Waals surface area contributed by atoms with Crippen LogP contribution in [0.15, 0.2) is 27.8 Å². The highest BCUT2D eigenvalue weighted by atomic mass is 35.5. The molecule has 2 rings (SSSR count). The first-order valence-corrected chi connectivity index (χ1v) is 6.53. The predicted molar refractivity (Wildman–Crippen MR) is 67.6 cm³/mol. The summed E-state index contributed by atoms with van der Waals surface area (Å²) in [5.74, 6) is 0.737. The molecule has 6 heteroatoms. The Morgan fingerprint density at radius 3 is 3.12 bits per heavy atom. The normalized spacial score (nSPS) is 11.2. The van der Waals surface area contributed by atoms with Gasteiger partial charge in [0.15, 0.2) is 5.58 Å². The van der Waals surface area contributed by atoms with Crippen LogP contribution in [0.3, 0.4) is 0 Å². The summed E-state index contributed by atoms with van der Waals surface area (Å²) in [5, 5.41) is 9.78. The summed E-state index contributed by atoms with van der Waals surface area (Å²) in [7, 11) is 0. The quantitative estimate of drug-likeness (QED) is 0.648. The van der Waals surface area contributed by atoms with Gasteiger partial charge in [-0.15, -0.1) is 0 Å². The van der Waals surface area contributed by atoms with Crippen LogP contribution in [0.1, 0.15) is 0 Å². The summed E-state index contributed by atoms with van der Waals surface area (Å²) in [6.07, 6.45) is 0. The van der Waals surface area contributed by atoms with Crippen molar-refractivity contribution in [3.8, 4) is 0 Å². The fourth-order valence-electron chi connectivity index (χ4n) is 1.30. The Kier molecular flexibility index (Phi) is 4.67. The first-order valence-electron chi connectivity index (χ1n) is 5.17. The molecule has 0 saturated carbocycles. The lowest BCUT2D eigenvalue weighted by Gasteiger charge is -1.98. The molecule has 0 bridgehead atoms. The zero-order valence-electron chi connectivity index (χ0n) is 9.06. The monoisotopic (exact) mass is 273 g/mol. The van der Waals surface area contributed by atoms with Crippen molar-refractivity contribution in [2.24, 2.45) is 0 Å². The highest BCUT2D eigenvalue weighted by Gasteiger charge is 2.06. The van der Waals surface area contributed by atoms with E-state index in [0.717, 1.165) is 16.9 Å². The van der Waals surface area contributed by atoms with E-state index >= 15 is 0 Å². The summed E-state index contributed by atoms with van der Waals surface area (Å²) in [4.78, 5) is 4.30. The second-order valence-electron chi connectivity index (χ2n) is 3.28. The van der Waals surface area contributed by atoms with E-state index in [2.05, 4.69) is 4.98 Å². The Bertz CT molecular complexity index is 489. The smallest absolute Gasteiger partial charge is 0.256 e. The van der Waals surface area contributed by atoms with Gasteiger partial charge in [0.25, 0.3) is 5.22 Å². The fraction of sp³-hybridized carbons (Fsp3) is 0.364. The maximum Gasteiger partial charge on any atom is 0.256 e. The molecule has 0 aliphatic carbocycles. The van der Waals surface area contributed by atoms with Gasteiger partial charge in [0.2, 0.25) is 0 Å². The van der Waals surface area contributed by atoms with Crippen molar-refractivity contribution in [3.05, 3.63) is 23.2 Å². The number of thioether (sulfide) groups is 1. The van der Waals surface area contributed by atoms with Gasteiger partial charge in [-0.25, -0.2) is 4.98 Å². The van der Waals surface area contributed by atoms with Crippen molar-refractivity contribution >= 4 is 34.5 Å². The molecule has 0 radical (unpaired) electrons. The number of oxazole rings is 1. The van der Waals surface area contributed by atoms with E-state index in [1.54, 1.807) is 18.2 Å². The van der Waals surface area contributed by atoms with Crippen molar-refractivity contribution in [3.63, 3.8) is 0 Å². The number of ether oxygens (including phenoxy) is 1. The van der Waals surface area contributed by atoms with Crippen molar-refractivity contribution in [1.82, 2.24) is 4.98 Å². The Balaban J connectivity index is 1.91. The topological polar surface area (TPSA) is 55.5 Å².